The van der Waals surface area contributed by atoms with Gasteiger partial charge in [0.25, 0.3) is 5.91 Å². The first kappa shape index (κ1) is 16.4. The highest BCUT2D eigenvalue weighted by Crippen LogP contribution is 2.21. The Labute approximate surface area is 119 Å². The SMILES string of the molecule is CCNc1c(F)cccc1C(=O)N(C)CCOC(C)C. The summed E-state index contributed by atoms with van der Waals surface area (Å²) in [4.78, 5) is 13.9. The third-order valence-corrected chi connectivity index (χ3v) is 2.82. The molecule has 1 amide bonds. The van der Waals surface area contributed by atoms with E-state index in [0.717, 1.165) is 0 Å². The molecular weight excluding hydrogens is 259 g/mol. The third kappa shape index (κ3) is 4.49. The zero-order valence-corrected chi connectivity index (χ0v) is 12.6. The molecule has 0 unspecified atom stereocenters. The largest absolute Gasteiger partial charge is 0.382 e. The van der Waals surface area contributed by atoms with Crippen molar-refractivity contribution < 1.29 is 13.9 Å². The van der Waals surface area contributed by atoms with Gasteiger partial charge in [-0.1, -0.05) is 6.07 Å². The van der Waals surface area contributed by atoms with Crippen LogP contribution in [0.15, 0.2) is 18.2 Å². The number of ether oxygens (including phenoxy) is 1. The Kier molecular flexibility index (Phi) is 6.45. The summed E-state index contributed by atoms with van der Waals surface area (Å²) in [5.41, 5.74) is 0.607. The molecule has 0 atom stereocenters. The Morgan fingerprint density at radius 1 is 1.45 bits per heavy atom. The second kappa shape index (κ2) is 7.85. The molecule has 5 heteroatoms. The first-order valence-corrected chi connectivity index (χ1v) is 6.86. The molecule has 0 fully saturated rings. The summed E-state index contributed by atoms with van der Waals surface area (Å²) in [5.74, 6) is -0.627. The van der Waals surface area contributed by atoms with Crippen molar-refractivity contribution in [1.82, 2.24) is 4.90 Å². The first-order valence-electron chi connectivity index (χ1n) is 6.86. The van der Waals surface area contributed by atoms with Crippen molar-refractivity contribution in [3.8, 4) is 0 Å². The van der Waals surface area contributed by atoms with E-state index >= 15 is 0 Å². The van der Waals surface area contributed by atoms with E-state index in [4.69, 9.17) is 4.74 Å². The van der Waals surface area contributed by atoms with Gasteiger partial charge in [0.2, 0.25) is 0 Å². The standard InChI is InChI=1S/C15H23FN2O2/c1-5-17-14-12(7-6-8-13(14)16)15(19)18(4)9-10-20-11(2)3/h6-8,11,17H,5,9-10H2,1-4H3. The Hall–Kier alpha value is -1.62. The normalized spacial score (nSPS) is 10.7. The van der Waals surface area contributed by atoms with Gasteiger partial charge >= 0.3 is 0 Å². The number of carbonyl (C=O) groups is 1. The zero-order chi connectivity index (χ0) is 15.1. The molecule has 0 saturated carbocycles. The maximum atomic E-state index is 13.8. The van der Waals surface area contributed by atoms with E-state index in [9.17, 15) is 9.18 Å². The molecule has 1 aromatic carbocycles. The quantitative estimate of drug-likeness (QED) is 0.836. The van der Waals surface area contributed by atoms with E-state index < -0.39 is 5.82 Å². The number of hydrogen-bond donors (Lipinski definition) is 1. The van der Waals surface area contributed by atoms with Crippen molar-refractivity contribution in [2.75, 3.05) is 32.1 Å². The molecule has 20 heavy (non-hydrogen) atoms. The summed E-state index contributed by atoms with van der Waals surface area (Å²) < 4.78 is 19.2. The van der Waals surface area contributed by atoms with Crippen molar-refractivity contribution in [1.29, 1.82) is 0 Å². The lowest BCUT2D eigenvalue weighted by molar-refractivity contribution is 0.0532. The van der Waals surface area contributed by atoms with Crippen molar-refractivity contribution in [2.24, 2.45) is 0 Å². The number of benzene rings is 1. The maximum Gasteiger partial charge on any atom is 0.255 e. The van der Waals surface area contributed by atoms with Gasteiger partial charge in [-0.15, -0.1) is 0 Å². The highest BCUT2D eigenvalue weighted by atomic mass is 19.1. The number of amides is 1. The van der Waals surface area contributed by atoms with Gasteiger partial charge in [-0.25, -0.2) is 4.39 Å². The molecule has 112 valence electrons. The highest BCUT2D eigenvalue weighted by Gasteiger charge is 2.18. The Balaban J connectivity index is 2.78. The number of para-hydroxylation sites is 1. The van der Waals surface area contributed by atoms with E-state index in [2.05, 4.69) is 5.32 Å². The number of anilines is 1. The van der Waals surface area contributed by atoms with Gasteiger partial charge < -0.3 is 15.0 Å². The van der Waals surface area contributed by atoms with Crippen molar-refractivity contribution >= 4 is 11.6 Å². The van der Waals surface area contributed by atoms with E-state index in [1.54, 1.807) is 19.2 Å². The summed E-state index contributed by atoms with van der Waals surface area (Å²) in [6, 6.07) is 4.52. The van der Waals surface area contributed by atoms with Gasteiger partial charge in [-0.3, -0.25) is 4.79 Å². The van der Waals surface area contributed by atoms with Crippen molar-refractivity contribution in [3.63, 3.8) is 0 Å². The van der Waals surface area contributed by atoms with Crippen LogP contribution in [0.3, 0.4) is 0 Å². The van der Waals surface area contributed by atoms with Gasteiger partial charge in [0.05, 0.1) is 24.0 Å². The monoisotopic (exact) mass is 282 g/mol. The van der Waals surface area contributed by atoms with Gasteiger partial charge in [0, 0.05) is 20.1 Å². The second-order valence-corrected chi connectivity index (χ2v) is 4.84. The molecule has 4 nitrogen and oxygen atoms in total. The number of nitrogens with zero attached hydrogens (tertiary/aromatic N) is 1. The van der Waals surface area contributed by atoms with Gasteiger partial charge in [-0.05, 0) is 32.9 Å². The molecule has 0 aromatic heterocycles. The lowest BCUT2D eigenvalue weighted by Gasteiger charge is -2.20. The van der Waals surface area contributed by atoms with Gasteiger partial charge in [-0.2, -0.15) is 0 Å². The van der Waals surface area contributed by atoms with Gasteiger partial charge in [0.15, 0.2) is 0 Å². The van der Waals surface area contributed by atoms with Crippen LogP contribution in [0.4, 0.5) is 10.1 Å². The second-order valence-electron chi connectivity index (χ2n) is 4.84. The zero-order valence-electron chi connectivity index (χ0n) is 12.6. The Morgan fingerprint density at radius 2 is 2.15 bits per heavy atom. The van der Waals surface area contributed by atoms with E-state index in [1.807, 2.05) is 20.8 Å². The van der Waals surface area contributed by atoms with E-state index in [-0.39, 0.29) is 17.7 Å². The minimum atomic E-state index is -0.412. The molecular formula is C15H23FN2O2. The van der Waals surface area contributed by atoms with Crippen LogP contribution < -0.4 is 5.32 Å². The van der Waals surface area contributed by atoms with Crippen LogP contribution in [0.5, 0.6) is 0 Å². The fourth-order valence-corrected chi connectivity index (χ4v) is 1.79. The number of nitrogens with one attached hydrogen (secondary N) is 1. The molecule has 0 aliphatic heterocycles. The van der Waals surface area contributed by atoms with Crippen LogP contribution in [0.2, 0.25) is 0 Å². The maximum absolute atomic E-state index is 13.8. The molecule has 0 radical (unpaired) electrons. The topological polar surface area (TPSA) is 41.6 Å². The molecule has 0 heterocycles. The number of halogens is 1. The highest BCUT2D eigenvalue weighted by molar-refractivity contribution is 5.99. The average molecular weight is 282 g/mol. The van der Waals surface area contributed by atoms with Crippen LogP contribution in [0.25, 0.3) is 0 Å². The predicted octanol–water partition coefficient (Wildman–Crippen LogP) is 2.75. The predicted molar refractivity (Wildman–Crippen MR) is 78.6 cm³/mol. The fourth-order valence-electron chi connectivity index (χ4n) is 1.79. The summed E-state index contributed by atoms with van der Waals surface area (Å²) in [6.45, 7) is 7.24. The number of carbonyl (C=O) groups excluding carboxylic acids is 1. The summed E-state index contributed by atoms with van der Waals surface area (Å²) in [6.07, 6.45) is 0.130. The molecule has 0 aliphatic rings. The summed E-state index contributed by atoms with van der Waals surface area (Å²) >= 11 is 0. The first-order chi connectivity index (χ1) is 9.47. The lowest BCUT2D eigenvalue weighted by atomic mass is 10.1. The molecule has 0 spiro atoms. The molecule has 1 N–H and O–H groups in total. The number of hydrogen-bond acceptors (Lipinski definition) is 3. The molecule has 0 saturated heterocycles. The van der Waals surface area contributed by atoms with Gasteiger partial charge in [0.1, 0.15) is 5.82 Å². The van der Waals surface area contributed by atoms with Crippen LogP contribution in [0, 0.1) is 5.82 Å². The van der Waals surface area contributed by atoms with E-state index in [0.29, 0.717) is 25.3 Å². The minimum Gasteiger partial charge on any atom is -0.382 e. The Bertz CT molecular complexity index is 449. The molecule has 0 bridgehead atoms. The van der Waals surface area contributed by atoms with Crippen molar-refractivity contribution in [3.05, 3.63) is 29.6 Å². The van der Waals surface area contributed by atoms with Crippen LogP contribution in [0.1, 0.15) is 31.1 Å². The Morgan fingerprint density at radius 3 is 2.75 bits per heavy atom. The smallest absolute Gasteiger partial charge is 0.255 e. The fraction of sp³-hybridized carbons (Fsp3) is 0.533. The molecule has 1 aromatic rings. The molecule has 0 aliphatic carbocycles. The number of likely N-dealkylation sites (N-methyl/N-ethyl adjacent to an activating group) is 1. The van der Waals surface area contributed by atoms with Crippen LogP contribution in [-0.2, 0) is 4.74 Å². The molecule has 1 rings (SSSR count). The average Bonchev–Trinajstić information content (AvgIpc) is 2.40. The van der Waals surface area contributed by atoms with E-state index in [1.165, 1.54) is 11.0 Å². The summed E-state index contributed by atoms with van der Waals surface area (Å²) in [7, 11) is 1.69. The number of rotatable bonds is 7. The lowest BCUT2D eigenvalue weighted by Crippen LogP contribution is -2.31. The third-order valence-electron chi connectivity index (χ3n) is 2.82. The van der Waals surface area contributed by atoms with Crippen LogP contribution in [-0.4, -0.2) is 43.7 Å². The van der Waals surface area contributed by atoms with Crippen LogP contribution >= 0.6 is 0 Å². The minimum absolute atomic E-state index is 0.130. The summed E-state index contributed by atoms with van der Waals surface area (Å²) in [5, 5.41) is 2.90. The van der Waals surface area contributed by atoms with Crippen molar-refractivity contribution in [2.45, 2.75) is 26.9 Å².